The molecule has 146 valence electrons. The number of hydrogen-bond donors (Lipinski definition) is 2. The molecule has 9 heteroatoms. The summed E-state index contributed by atoms with van der Waals surface area (Å²) in [6.07, 6.45) is 3.64. The van der Waals surface area contributed by atoms with Gasteiger partial charge in [-0.05, 0) is 31.0 Å². The van der Waals surface area contributed by atoms with Gasteiger partial charge in [0.2, 0.25) is 17.6 Å². The summed E-state index contributed by atoms with van der Waals surface area (Å²) in [4.78, 5) is 11.0. The Balaban J connectivity index is 1.48. The van der Waals surface area contributed by atoms with Crippen LogP contribution in [0, 0.1) is 5.21 Å². The van der Waals surface area contributed by atoms with Gasteiger partial charge in [0, 0.05) is 36.5 Å². The normalized spacial score (nSPS) is 18.3. The van der Waals surface area contributed by atoms with E-state index >= 15 is 0 Å². The lowest BCUT2D eigenvalue weighted by Crippen LogP contribution is -2.99. The van der Waals surface area contributed by atoms with E-state index in [1.165, 1.54) is 0 Å². The van der Waals surface area contributed by atoms with Crippen molar-refractivity contribution in [1.82, 2.24) is 20.0 Å². The van der Waals surface area contributed by atoms with Crippen LogP contribution < -0.4 is 9.96 Å². The second-order valence-electron chi connectivity index (χ2n) is 6.68. The molecule has 0 amide bonds. The van der Waals surface area contributed by atoms with Crippen LogP contribution in [0.2, 0.25) is 0 Å². The van der Waals surface area contributed by atoms with Gasteiger partial charge in [-0.15, -0.1) is 0 Å². The number of nitrogens with zero attached hydrogens (tertiary/aromatic N) is 4. The largest absolute Gasteiger partial charge is 0.595 e. The average Bonchev–Trinajstić information content (AvgIpc) is 3.38. The third-order valence-corrected chi connectivity index (χ3v) is 4.88. The molecule has 1 aliphatic heterocycles. The predicted molar refractivity (Wildman–Crippen MR) is 98.7 cm³/mol. The van der Waals surface area contributed by atoms with Crippen LogP contribution in [0.1, 0.15) is 30.3 Å². The highest BCUT2D eigenvalue weighted by Crippen LogP contribution is 2.33. The van der Waals surface area contributed by atoms with Crippen molar-refractivity contribution in [2.75, 3.05) is 13.7 Å². The molecule has 0 aliphatic carbocycles. The molecule has 1 saturated heterocycles. The van der Waals surface area contributed by atoms with Gasteiger partial charge in [0.1, 0.15) is 0 Å². The van der Waals surface area contributed by atoms with Gasteiger partial charge in [0.05, 0.1) is 13.2 Å². The lowest BCUT2D eigenvalue weighted by molar-refractivity contribution is -0.991. The Morgan fingerprint density at radius 1 is 1.29 bits per heavy atom. The van der Waals surface area contributed by atoms with Gasteiger partial charge >= 0.3 is 0 Å². The fourth-order valence-electron chi connectivity index (χ4n) is 3.40. The van der Waals surface area contributed by atoms with E-state index in [-0.39, 0.29) is 11.7 Å². The molecule has 2 N–H and O–H groups in total. The number of quaternary nitrogens is 1. The summed E-state index contributed by atoms with van der Waals surface area (Å²) in [5.74, 6) is 1.62. The maximum absolute atomic E-state index is 11.0. The number of nitrogens with one attached hydrogen (secondary N) is 1. The van der Waals surface area contributed by atoms with Gasteiger partial charge < -0.3 is 14.5 Å². The maximum Gasteiger partial charge on any atom is 0.244 e. The Morgan fingerprint density at radius 3 is 2.79 bits per heavy atom. The average molecular weight is 383 g/mol. The van der Waals surface area contributed by atoms with Crippen LogP contribution in [0.4, 0.5) is 5.69 Å². The minimum atomic E-state index is -0.919. The van der Waals surface area contributed by atoms with E-state index in [1.807, 2.05) is 18.2 Å². The number of methoxy groups -OCH3 is 1. The summed E-state index contributed by atoms with van der Waals surface area (Å²) in [5.41, 5.74) is 2.11. The van der Waals surface area contributed by atoms with Crippen molar-refractivity contribution in [1.29, 1.82) is 0 Å². The van der Waals surface area contributed by atoms with Gasteiger partial charge in [0.15, 0.2) is 5.69 Å². The van der Waals surface area contributed by atoms with Crippen molar-refractivity contribution in [3.8, 4) is 17.3 Å². The lowest BCUT2D eigenvalue weighted by Gasteiger charge is -2.21. The zero-order valence-electron chi connectivity index (χ0n) is 15.4. The predicted octanol–water partition coefficient (Wildman–Crippen LogP) is 1.88. The summed E-state index contributed by atoms with van der Waals surface area (Å²) in [6, 6.07) is 10.6. The lowest BCUT2D eigenvalue weighted by atomic mass is 10.1. The zero-order valence-corrected chi connectivity index (χ0v) is 15.4. The maximum atomic E-state index is 11.0. The molecule has 1 unspecified atom stereocenters. The Labute approximate surface area is 161 Å². The van der Waals surface area contributed by atoms with Gasteiger partial charge in [-0.25, -0.2) is 10.2 Å². The van der Waals surface area contributed by atoms with Gasteiger partial charge in [-0.1, -0.05) is 17.3 Å². The summed E-state index contributed by atoms with van der Waals surface area (Å²) in [6.45, 7) is 1.62. The molecule has 1 fully saturated rings. The summed E-state index contributed by atoms with van der Waals surface area (Å²) < 4.78 is 10.6. The van der Waals surface area contributed by atoms with Crippen molar-refractivity contribution in [3.05, 3.63) is 59.3 Å². The molecule has 1 aromatic carbocycles. The van der Waals surface area contributed by atoms with E-state index in [9.17, 15) is 5.21 Å². The van der Waals surface area contributed by atoms with Crippen LogP contribution in [-0.4, -0.2) is 38.9 Å². The number of ether oxygens (including phenoxy) is 1. The summed E-state index contributed by atoms with van der Waals surface area (Å²) >= 11 is 0. The monoisotopic (exact) mass is 383 g/mol. The first-order valence-corrected chi connectivity index (χ1v) is 9.04. The number of likely N-dealkylation sites (tertiary alicyclic amines) is 1. The van der Waals surface area contributed by atoms with Crippen LogP contribution in [0.25, 0.3) is 11.4 Å². The Hall–Kier alpha value is -2.85. The van der Waals surface area contributed by atoms with Crippen LogP contribution >= 0.6 is 0 Å². The third-order valence-electron chi connectivity index (χ3n) is 4.88. The van der Waals surface area contributed by atoms with E-state index < -0.39 is 5.23 Å². The molecule has 3 aromatic rings. The van der Waals surface area contributed by atoms with E-state index in [2.05, 4.69) is 20.0 Å². The fourth-order valence-corrected chi connectivity index (χ4v) is 3.40. The molecule has 0 bridgehead atoms. The minimum absolute atomic E-state index is 0.0478. The standard InChI is InChI=1S/C19H21N5O4/c1-27-17-9-6-14(11-20-17)18-21-19(28-22-18)16-3-2-10-23(16)12-13-4-7-15(8-5-13)24(25)26/h4-9,11,16,24-25H,2-3,10,12H2,1H3/t16-/m0/s1. The SMILES string of the molecule is COc1ccc(-c2noc([C@@H]3CCCN3Cc3ccc([NH+]([O-])O)cc3)n2)cn1. The van der Waals surface area contributed by atoms with Crippen LogP contribution in [0.5, 0.6) is 5.88 Å². The van der Waals surface area contributed by atoms with E-state index in [4.69, 9.17) is 14.5 Å². The Morgan fingerprint density at radius 2 is 2.11 bits per heavy atom. The number of hydrogen-bond acceptors (Lipinski definition) is 8. The Bertz CT molecular complexity index is 911. The first kappa shape index (κ1) is 18.5. The molecule has 3 heterocycles. The molecule has 1 aliphatic rings. The van der Waals surface area contributed by atoms with Crippen molar-refractivity contribution in [2.45, 2.75) is 25.4 Å². The molecule has 0 saturated carbocycles. The molecule has 28 heavy (non-hydrogen) atoms. The summed E-state index contributed by atoms with van der Waals surface area (Å²) in [5, 5.41) is 23.2. The number of aromatic nitrogens is 3. The van der Waals surface area contributed by atoms with Gasteiger partial charge in [0.25, 0.3) is 0 Å². The Kier molecular flexibility index (Phi) is 5.31. The van der Waals surface area contributed by atoms with Crippen molar-refractivity contribution in [2.24, 2.45) is 0 Å². The number of pyridine rings is 1. The molecule has 0 spiro atoms. The molecule has 9 nitrogen and oxygen atoms in total. The van der Waals surface area contributed by atoms with Gasteiger partial charge in [-0.2, -0.15) is 10.2 Å². The second kappa shape index (κ2) is 8.03. The summed E-state index contributed by atoms with van der Waals surface area (Å²) in [7, 11) is 1.57. The molecular weight excluding hydrogens is 362 g/mol. The van der Waals surface area contributed by atoms with E-state index in [0.717, 1.165) is 30.5 Å². The minimum Gasteiger partial charge on any atom is -0.595 e. The van der Waals surface area contributed by atoms with Crippen molar-refractivity contribution >= 4 is 5.69 Å². The number of benzene rings is 1. The molecule has 4 rings (SSSR count). The quantitative estimate of drug-likeness (QED) is 0.621. The molecule has 2 atom stereocenters. The first-order valence-electron chi connectivity index (χ1n) is 9.04. The van der Waals surface area contributed by atoms with Crippen LogP contribution in [0.3, 0.4) is 0 Å². The first-order chi connectivity index (χ1) is 13.6. The molecule has 0 radical (unpaired) electrons. The molecular formula is C19H21N5O4. The highest BCUT2D eigenvalue weighted by atomic mass is 16.8. The van der Waals surface area contributed by atoms with Crippen molar-refractivity contribution in [3.63, 3.8) is 0 Å². The highest BCUT2D eigenvalue weighted by Gasteiger charge is 2.30. The van der Waals surface area contributed by atoms with E-state index in [0.29, 0.717) is 24.1 Å². The second-order valence-corrected chi connectivity index (χ2v) is 6.68. The third kappa shape index (κ3) is 3.87. The number of rotatable bonds is 6. The highest BCUT2D eigenvalue weighted by molar-refractivity contribution is 5.53. The van der Waals surface area contributed by atoms with Crippen LogP contribution in [-0.2, 0) is 6.54 Å². The zero-order chi connectivity index (χ0) is 19.5. The molecule has 2 aromatic heterocycles. The van der Waals surface area contributed by atoms with Crippen molar-refractivity contribution < 1.29 is 19.7 Å². The fraction of sp³-hybridized carbons (Fsp3) is 0.316. The topological polar surface area (TPSA) is 112 Å². The van der Waals surface area contributed by atoms with Gasteiger partial charge in [-0.3, -0.25) is 4.90 Å². The smallest absolute Gasteiger partial charge is 0.244 e. The van der Waals surface area contributed by atoms with Crippen LogP contribution in [0.15, 0.2) is 47.1 Å². The van der Waals surface area contributed by atoms with E-state index in [1.54, 1.807) is 31.5 Å².